The van der Waals surface area contributed by atoms with Crippen LogP contribution in [0.4, 0.5) is 0 Å². The fourth-order valence-corrected chi connectivity index (χ4v) is 3.75. The summed E-state index contributed by atoms with van der Waals surface area (Å²) in [6, 6.07) is 8.60. The van der Waals surface area contributed by atoms with Crippen molar-refractivity contribution in [2.75, 3.05) is 6.54 Å². The highest BCUT2D eigenvalue weighted by molar-refractivity contribution is 7.89. The van der Waals surface area contributed by atoms with E-state index < -0.39 is 10.0 Å². The molecule has 24 heavy (non-hydrogen) atoms. The van der Waals surface area contributed by atoms with Gasteiger partial charge in [-0.05, 0) is 37.1 Å². The Morgan fingerprint density at radius 1 is 1.21 bits per heavy atom. The molecule has 1 aromatic carbocycles. The second kappa shape index (κ2) is 6.70. The van der Waals surface area contributed by atoms with Gasteiger partial charge in [0.05, 0.1) is 10.4 Å². The lowest BCUT2D eigenvalue weighted by Gasteiger charge is -2.15. The van der Waals surface area contributed by atoms with Gasteiger partial charge in [-0.15, -0.1) is 0 Å². The molecule has 3 rings (SSSR count). The Morgan fingerprint density at radius 2 is 2.04 bits per heavy atom. The first-order chi connectivity index (χ1) is 11.5. The fraction of sp³-hybridized carbons (Fsp3) is 0.294. The van der Waals surface area contributed by atoms with Crippen LogP contribution in [0.5, 0.6) is 0 Å². The number of pyridine rings is 1. The number of nitrogens with one attached hydrogen (secondary N) is 1. The number of aromatic nitrogens is 3. The van der Waals surface area contributed by atoms with Crippen LogP contribution in [0.1, 0.15) is 12.7 Å². The van der Waals surface area contributed by atoms with Gasteiger partial charge < -0.3 is 4.57 Å². The molecule has 3 aromatic rings. The van der Waals surface area contributed by atoms with Crippen molar-refractivity contribution in [1.29, 1.82) is 0 Å². The number of hydrogen-bond acceptors (Lipinski definition) is 4. The first-order valence-electron chi connectivity index (χ1n) is 7.78. The third-order valence-corrected chi connectivity index (χ3v) is 5.36. The van der Waals surface area contributed by atoms with Crippen LogP contribution in [-0.4, -0.2) is 29.5 Å². The van der Waals surface area contributed by atoms with E-state index in [-0.39, 0.29) is 10.8 Å². The Balaban J connectivity index is 1.69. The zero-order valence-electron chi connectivity index (χ0n) is 13.7. The van der Waals surface area contributed by atoms with Crippen molar-refractivity contribution in [3.05, 3.63) is 54.7 Å². The third-order valence-electron chi connectivity index (χ3n) is 3.94. The molecule has 2 heterocycles. The van der Waals surface area contributed by atoms with Crippen molar-refractivity contribution in [2.45, 2.75) is 25.3 Å². The second-order valence-electron chi connectivity index (χ2n) is 5.94. The van der Waals surface area contributed by atoms with E-state index in [4.69, 9.17) is 0 Å². The molecular formula is C17H20N4O2S. The van der Waals surface area contributed by atoms with E-state index in [1.165, 1.54) is 0 Å². The molecule has 1 atom stereocenters. The number of fused-ring (bicyclic) bond motifs is 1. The number of sulfonamides is 1. The van der Waals surface area contributed by atoms with Crippen LogP contribution in [0.15, 0.2) is 53.8 Å². The van der Waals surface area contributed by atoms with Crippen molar-refractivity contribution in [3.8, 4) is 0 Å². The van der Waals surface area contributed by atoms with Gasteiger partial charge in [-0.3, -0.25) is 4.98 Å². The topological polar surface area (TPSA) is 76.9 Å². The van der Waals surface area contributed by atoms with Crippen molar-refractivity contribution < 1.29 is 8.42 Å². The first kappa shape index (κ1) is 16.6. The average Bonchev–Trinajstić information content (AvgIpc) is 2.97. The predicted molar refractivity (Wildman–Crippen MR) is 93.1 cm³/mol. The quantitative estimate of drug-likeness (QED) is 0.745. The summed E-state index contributed by atoms with van der Waals surface area (Å²) in [5, 5.41) is 0.808. The Morgan fingerprint density at radius 3 is 2.79 bits per heavy atom. The smallest absolute Gasteiger partial charge is 0.240 e. The number of nitrogens with zero attached hydrogens (tertiary/aromatic N) is 3. The molecule has 1 unspecified atom stereocenters. The standard InChI is InChI=1S/C17H20N4O2S/c1-13(12-21-9-8-18-14(21)2)11-20-24(22,23)16-5-6-17-15(10-16)4-3-7-19-17/h3-10,13,20H,11-12H2,1-2H3. The zero-order chi connectivity index (χ0) is 17.2. The van der Waals surface area contributed by atoms with Gasteiger partial charge in [-0.25, -0.2) is 18.1 Å². The number of aryl methyl sites for hydroxylation is 1. The van der Waals surface area contributed by atoms with Crippen molar-refractivity contribution in [1.82, 2.24) is 19.3 Å². The van der Waals surface area contributed by atoms with E-state index in [0.29, 0.717) is 6.54 Å². The SMILES string of the molecule is Cc1nccn1CC(C)CNS(=O)(=O)c1ccc2ncccc2c1. The highest BCUT2D eigenvalue weighted by Gasteiger charge is 2.16. The van der Waals surface area contributed by atoms with Gasteiger partial charge in [0.25, 0.3) is 0 Å². The van der Waals surface area contributed by atoms with Gasteiger partial charge in [-0.2, -0.15) is 0 Å². The molecule has 0 aliphatic heterocycles. The number of hydrogen-bond donors (Lipinski definition) is 1. The molecule has 0 fully saturated rings. The van der Waals surface area contributed by atoms with E-state index in [1.54, 1.807) is 36.7 Å². The second-order valence-corrected chi connectivity index (χ2v) is 7.71. The highest BCUT2D eigenvalue weighted by atomic mass is 32.2. The molecule has 0 spiro atoms. The number of rotatable bonds is 6. The summed E-state index contributed by atoms with van der Waals surface area (Å²) in [7, 11) is -3.54. The van der Waals surface area contributed by atoms with Gasteiger partial charge in [0, 0.05) is 37.1 Å². The minimum absolute atomic E-state index is 0.148. The molecule has 2 aromatic heterocycles. The molecule has 1 N–H and O–H groups in total. The Hall–Kier alpha value is -2.25. The number of benzene rings is 1. The molecule has 0 amide bonds. The maximum Gasteiger partial charge on any atom is 0.240 e. The number of imidazole rings is 1. The molecule has 0 radical (unpaired) electrons. The zero-order valence-corrected chi connectivity index (χ0v) is 14.5. The van der Waals surface area contributed by atoms with E-state index in [9.17, 15) is 8.42 Å². The normalized spacial score (nSPS) is 13.2. The summed E-state index contributed by atoms with van der Waals surface area (Å²) in [4.78, 5) is 8.64. The Kier molecular flexibility index (Phi) is 4.64. The summed E-state index contributed by atoms with van der Waals surface area (Å²) < 4.78 is 29.7. The van der Waals surface area contributed by atoms with Gasteiger partial charge >= 0.3 is 0 Å². The molecule has 0 saturated carbocycles. The third kappa shape index (κ3) is 3.63. The molecule has 0 bridgehead atoms. The van der Waals surface area contributed by atoms with E-state index in [1.807, 2.05) is 30.7 Å². The van der Waals surface area contributed by atoms with Gasteiger partial charge in [0.2, 0.25) is 10.0 Å². The van der Waals surface area contributed by atoms with Crippen LogP contribution >= 0.6 is 0 Å². The van der Waals surface area contributed by atoms with Crippen LogP contribution in [0.2, 0.25) is 0 Å². The lowest BCUT2D eigenvalue weighted by molar-refractivity contribution is 0.465. The van der Waals surface area contributed by atoms with Gasteiger partial charge in [0.1, 0.15) is 5.82 Å². The first-order valence-corrected chi connectivity index (χ1v) is 9.26. The predicted octanol–water partition coefficient (Wildman–Crippen LogP) is 2.35. The van der Waals surface area contributed by atoms with Gasteiger partial charge in [-0.1, -0.05) is 13.0 Å². The minimum atomic E-state index is -3.54. The Bertz CT molecular complexity index is 950. The van der Waals surface area contributed by atoms with Crippen molar-refractivity contribution in [2.24, 2.45) is 5.92 Å². The molecule has 6 nitrogen and oxygen atoms in total. The van der Waals surface area contributed by atoms with Crippen LogP contribution in [0, 0.1) is 12.8 Å². The van der Waals surface area contributed by atoms with E-state index >= 15 is 0 Å². The molecule has 0 aliphatic carbocycles. The van der Waals surface area contributed by atoms with Crippen LogP contribution in [-0.2, 0) is 16.6 Å². The summed E-state index contributed by atoms with van der Waals surface area (Å²) in [6.45, 7) is 5.02. The molecular weight excluding hydrogens is 324 g/mol. The average molecular weight is 344 g/mol. The summed E-state index contributed by atoms with van der Waals surface area (Å²) in [5.74, 6) is 1.07. The maximum absolute atomic E-state index is 12.5. The Labute approximate surface area is 141 Å². The summed E-state index contributed by atoms with van der Waals surface area (Å²) in [5.41, 5.74) is 0.778. The highest BCUT2D eigenvalue weighted by Crippen LogP contribution is 2.17. The van der Waals surface area contributed by atoms with Crippen LogP contribution < -0.4 is 4.72 Å². The lowest BCUT2D eigenvalue weighted by Crippen LogP contribution is -2.30. The maximum atomic E-state index is 12.5. The molecule has 0 saturated heterocycles. The van der Waals surface area contributed by atoms with Gasteiger partial charge in [0.15, 0.2) is 0 Å². The largest absolute Gasteiger partial charge is 0.335 e. The van der Waals surface area contributed by atoms with E-state index in [2.05, 4.69) is 14.7 Å². The molecule has 7 heteroatoms. The van der Waals surface area contributed by atoms with Crippen molar-refractivity contribution >= 4 is 20.9 Å². The fourth-order valence-electron chi connectivity index (χ4n) is 2.55. The van der Waals surface area contributed by atoms with Crippen LogP contribution in [0.25, 0.3) is 10.9 Å². The lowest BCUT2D eigenvalue weighted by atomic mass is 10.2. The monoisotopic (exact) mass is 344 g/mol. The molecule has 0 aliphatic rings. The summed E-state index contributed by atoms with van der Waals surface area (Å²) in [6.07, 6.45) is 5.33. The molecule has 126 valence electrons. The van der Waals surface area contributed by atoms with Crippen molar-refractivity contribution in [3.63, 3.8) is 0 Å². The minimum Gasteiger partial charge on any atom is -0.335 e. The summed E-state index contributed by atoms with van der Waals surface area (Å²) >= 11 is 0. The van der Waals surface area contributed by atoms with Crippen LogP contribution in [0.3, 0.4) is 0 Å². The van der Waals surface area contributed by atoms with E-state index in [0.717, 1.165) is 23.3 Å².